The van der Waals surface area contributed by atoms with Gasteiger partial charge in [0.1, 0.15) is 5.82 Å². The number of carbonyl (C=O) groups excluding carboxylic acids is 1. The third-order valence-corrected chi connectivity index (χ3v) is 4.75. The van der Waals surface area contributed by atoms with Crippen molar-refractivity contribution < 1.29 is 4.79 Å². The molecule has 128 valence electrons. The number of urea groups is 1. The summed E-state index contributed by atoms with van der Waals surface area (Å²) in [6.07, 6.45) is 3.56. The Morgan fingerprint density at radius 2 is 1.96 bits per heavy atom. The summed E-state index contributed by atoms with van der Waals surface area (Å²) in [6.45, 7) is 3.49. The van der Waals surface area contributed by atoms with Crippen LogP contribution in [0.4, 0.5) is 10.5 Å². The number of aromatic amines is 1. The number of piperidine rings is 1. The Morgan fingerprint density at radius 1 is 1.20 bits per heavy atom. The summed E-state index contributed by atoms with van der Waals surface area (Å²) < 4.78 is 0. The molecule has 1 fully saturated rings. The minimum Gasteiger partial charge on any atom is -0.340 e. The molecule has 6 nitrogen and oxygen atoms in total. The molecule has 3 heterocycles. The Labute approximate surface area is 146 Å². The maximum Gasteiger partial charge on any atom is 0.321 e. The molecule has 2 N–H and O–H groups in total. The van der Waals surface area contributed by atoms with Crippen LogP contribution in [0, 0.1) is 6.92 Å². The van der Waals surface area contributed by atoms with Crippen LogP contribution in [0.3, 0.4) is 0 Å². The molecule has 0 atom stereocenters. The Morgan fingerprint density at radius 3 is 2.68 bits per heavy atom. The van der Waals surface area contributed by atoms with Crippen molar-refractivity contribution in [1.29, 1.82) is 0 Å². The van der Waals surface area contributed by atoms with Crippen LogP contribution in [-0.4, -0.2) is 39.0 Å². The molecule has 0 bridgehead atoms. The molecule has 1 aromatic carbocycles. The van der Waals surface area contributed by atoms with E-state index in [-0.39, 0.29) is 6.03 Å². The molecule has 0 spiro atoms. The minimum atomic E-state index is -0.0337. The second-order valence-electron chi connectivity index (χ2n) is 6.55. The van der Waals surface area contributed by atoms with Crippen molar-refractivity contribution in [3.05, 3.63) is 54.0 Å². The molecule has 1 saturated heterocycles. The first-order valence-corrected chi connectivity index (χ1v) is 8.62. The number of carbonyl (C=O) groups is 1. The fourth-order valence-corrected chi connectivity index (χ4v) is 3.25. The molecule has 0 radical (unpaired) electrons. The summed E-state index contributed by atoms with van der Waals surface area (Å²) in [4.78, 5) is 26.5. The van der Waals surface area contributed by atoms with Gasteiger partial charge >= 0.3 is 6.03 Å². The van der Waals surface area contributed by atoms with Crippen molar-refractivity contribution in [1.82, 2.24) is 19.9 Å². The SMILES string of the molecule is Cc1ccc(NC(=O)N2CCC(c3nc4ncccc4[nH]3)CC2)cc1. The Kier molecular flexibility index (Phi) is 4.09. The summed E-state index contributed by atoms with van der Waals surface area (Å²) in [7, 11) is 0. The molecule has 0 saturated carbocycles. The highest BCUT2D eigenvalue weighted by molar-refractivity contribution is 5.89. The van der Waals surface area contributed by atoms with E-state index in [9.17, 15) is 4.79 Å². The lowest BCUT2D eigenvalue weighted by Gasteiger charge is -2.31. The van der Waals surface area contributed by atoms with Crippen molar-refractivity contribution in [3.8, 4) is 0 Å². The third-order valence-electron chi connectivity index (χ3n) is 4.75. The van der Waals surface area contributed by atoms with Crippen molar-refractivity contribution in [2.24, 2.45) is 0 Å². The van der Waals surface area contributed by atoms with Crippen LogP contribution in [0.1, 0.15) is 30.1 Å². The highest BCUT2D eigenvalue weighted by Gasteiger charge is 2.25. The fraction of sp³-hybridized carbons (Fsp3) is 0.316. The van der Waals surface area contributed by atoms with Crippen molar-refractivity contribution in [2.75, 3.05) is 18.4 Å². The lowest BCUT2D eigenvalue weighted by Crippen LogP contribution is -2.40. The van der Waals surface area contributed by atoms with E-state index in [2.05, 4.69) is 20.3 Å². The molecule has 3 aromatic rings. The zero-order valence-electron chi connectivity index (χ0n) is 14.2. The third kappa shape index (κ3) is 3.33. The monoisotopic (exact) mass is 335 g/mol. The quantitative estimate of drug-likeness (QED) is 0.750. The smallest absolute Gasteiger partial charge is 0.321 e. The van der Waals surface area contributed by atoms with Crippen LogP contribution in [0.2, 0.25) is 0 Å². The molecule has 6 heteroatoms. The van der Waals surface area contributed by atoms with E-state index in [0.29, 0.717) is 5.92 Å². The van der Waals surface area contributed by atoms with Crippen LogP contribution in [0.5, 0.6) is 0 Å². The van der Waals surface area contributed by atoms with Crippen LogP contribution in [0.15, 0.2) is 42.6 Å². The van der Waals surface area contributed by atoms with Gasteiger partial charge in [-0.1, -0.05) is 17.7 Å². The van der Waals surface area contributed by atoms with Gasteiger partial charge in [-0.3, -0.25) is 0 Å². The molecule has 25 heavy (non-hydrogen) atoms. The van der Waals surface area contributed by atoms with Gasteiger partial charge in [-0.15, -0.1) is 0 Å². The van der Waals surface area contributed by atoms with Gasteiger partial charge < -0.3 is 15.2 Å². The Balaban J connectivity index is 1.37. The zero-order valence-corrected chi connectivity index (χ0v) is 14.2. The number of pyridine rings is 1. The number of rotatable bonds is 2. The maximum absolute atomic E-state index is 12.4. The molecular formula is C19H21N5O. The van der Waals surface area contributed by atoms with E-state index in [4.69, 9.17) is 0 Å². The van der Waals surface area contributed by atoms with Crippen LogP contribution in [0.25, 0.3) is 11.2 Å². The number of benzene rings is 1. The number of nitrogens with one attached hydrogen (secondary N) is 2. The zero-order chi connectivity index (χ0) is 17.2. The average Bonchev–Trinajstić information content (AvgIpc) is 3.08. The number of anilines is 1. The molecule has 1 aliphatic heterocycles. The molecule has 2 aromatic heterocycles. The van der Waals surface area contributed by atoms with Gasteiger partial charge in [-0.05, 0) is 44.0 Å². The number of H-pyrrole nitrogens is 1. The summed E-state index contributed by atoms with van der Waals surface area (Å²) in [5, 5.41) is 2.97. The van der Waals surface area contributed by atoms with E-state index >= 15 is 0 Å². The van der Waals surface area contributed by atoms with Crippen LogP contribution in [-0.2, 0) is 0 Å². The van der Waals surface area contributed by atoms with Gasteiger partial charge in [0, 0.05) is 30.9 Å². The normalized spacial score (nSPS) is 15.5. The molecule has 2 amide bonds. The number of likely N-dealkylation sites (tertiary alicyclic amines) is 1. The van der Waals surface area contributed by atoms with Gasteiger partial charge in [0.15, 0.2) is 5.65 Å². The molecule has 0 unspecified atom stereocenters. The molecule has 0 aliphatic carbocycles. The Bertz CT molecular complexity index is 845. The molecule has 1 aliphatic rings. The summed E-state index contributed by atoms with van der Waals surface area (Å²) in [5.41, 5.74) is 3.74. The molecule has 4 rings (SSSR count). The van der Waals surface area contributed by atoms with E-state index < -0.39 is 0 Å². The van der Waals surface area contributed by atoms with Gasteiger partial charge in [-0.25, -0.2) is 14.8 Å². The van der Waals surface area contributed by atoms with Crippen molar-refractivity contribution in [2.45, 2.75) is 25.7 Å². The Hall–Kier alpha value is -2.89. The van der Waals surface area contributed by atoms with Gasteiger partial charge in [0.2, 0.25) is 0 Å². The lowest BCUT2D eigenvalue weighted by molar-refractivity contribution is 0.193. The predicted octanol–water partition coefficient (Wildman–Crippen LogP) is 3.68. The number of hydrogen-bond acceptors (Lipinski definition) is 3. The fourth-order valence-electron chi connectivity index (χ4n) is 3.25. The first-order valence-electron chi connectivity index (χ1n) is 8.62. The minimum absolute atomic E-state index is 0.0337. The van der Waals surface area contributed by atoms with E-state index in [1.54, 1.807) is 6.20 Å². The number of hydrogen-bond donors (Lipinski definition) is 2. The average molecular weight is 335 g/mol. The number of fused-ring (bicyclic) bond motifs is 1. The standard InChI is InChI=1S/C19H21N5O/c1-13-4-6-15(7-5-13)21-19(25)24-11-8-14(9-12-24)17-22-16-3-2-10-20-18(16)23-17/h2-7,10,14H,8-9,11-12H2,1H3,(H,21,25)(H,20,22,23). The van der Waals surface area contributed by atoms with Crippen LogP contribution < -0.4 is 5.32 Å². The number of amides is 2. The van der Waals surface area contributed by atoms with Crippen molar-refractivity contribution in [3.63, 3.8) is 0 Å². The highest BCUT2D eigenvalue weighted by atomic mass is 16.2. The number of imidazole rings is 1. The van der Waals surface area contributed by atoms with E-state index in [0.717, 1.165) is 48.6 Å². The van der Waals surface area contributed by atoms with Gasteiger partial charge in [0.25, 0.3) is 0 Å². The summed E-state index contributed by atoms with van der Waals surface area (Å²) in [5.74, 6) is 1.32. The second kappa shape index (κ2) is 6.55. The topological polar surface area (TPSA) is 73.9 Å². The largest absolute Gasteiger partial charge is 0.340 e. The van der Waals surface area contributed by atoms with Crippen molar-refractivity contribution >= 4 is 22.9 Å². The first-order chi connectivity index (χ1) is 12.2. The van der Waals surface area contributed by atoms with Gasteiger partial charge in [0.05, 0.1) is 5.52 Å². The van der Waals surface area contributed by atoms with Crippen LogP contribution >= 0.6 is 0 Å². The highest BCUT2D eigenvalue weighted by Crippen LogP contribution is 2.27. The summed E-state index contributed by atoms with van der Waals surface area (Å²) >= 11 is 0. The molecular weight excluding hydrogens is 314 g/mol. The first kappa shape index (κ1) is 15.6. The number of aromatic nitrogens is 3. The summed E-state index contributed by atoms with van der Waals surface area (Å²) in [6, 6.07) is 11.7. The van der Waals surface area contributed by atoms with E-state index in [1.165, 1.54) is 5.56 Å². The second-order valence-corrected chi connectivity index (χ2v) is 6.55. The predicted molar refractivity (Wildman–Crippen MR) is 97.6 cm³/mol. The maximum atomic E-state index is 12.4. The lowest BCUT2D eigenvalue weighted by atomic mass is 9.96. The van der Waals surface area contributed by atoms with Gasteiger partial charge in [-0.2, -0.15) is 0 Å². The van der Waals surface area contributed by atoms with E-state index in [1.807, 2.05) is 48.2 Å². The number of nitrogens with zero attached hydrogens (tertiary/aromatic N) is 3. The number of aryl methyl sites for hydroxylation is 1.